The van der Waals surface area contributed by atoms with Gasteiger partial charge in [-0.05, 0) is 63.4 Å². The number of likely N-dealkylation sites (tertiary alicyclic amines) is 2. The fourth-order valence-corrected chi connectivity index (χ4v) is 3.87. The highest BCUT2D eigenvalue weighted by atomic mass is 16.3. The lowest BCUT2D eigenvalue weighted by molar-refractivity contribution is 0.0826. The molecule has 3 rings (SSSR count). The lowest BCUT2D eigenvalue weighted by Crippen LogP contribution is -2.44. The van der Waals surface area contributed by atoms with Gasteiger partial charge in [0.2, 0.25) is 0 Å². The molecule has 106 valence electrons. The van der Waals surface area contributed by atoms with Crippen LogP contribution in [0.25, 0.3) is 0 Å². The Hall–Kier alpha value is -0.800. The Bertz CT molecular complexity index is 428. The summed E-state index contributed by atoms with van der Waals surface area (Å²) in [6.07, 6.45) is 4.14. The van der Waals surface area contributed by atoms with Crippen LogP contribution in [0.15, 0.2) is 16.5 Å². The van der Waals surface area contributed by atoms with Gasteiger partial charge in [-0.2, -0.15) is 0 Å². The zero-order valence-electron chi connectivity index (χ0n) is 12.3. The van der Waals surface area contributed by atoms with Crippen molar-refractivity contribution in [1.29, 1.82) is 0 Å². The van der Waals surface area contributed by atoms with E-state index in [2.05, 4.69) is 28.9 Å². The van der Waals surface area contributed by atoms with Gasteiger partial charge in [0.1, 0.15) is 11.5 Å². The Labute approximate surface area is 116 Å². The van der Waals surface area contributed by atoms with Crippen molar-refractivity contribution in [2.45, 2.75) is 39.7 Å². The van der Waals surface area contributed by atoms with Crippen LogP contribution in [-0.2, 0) is 6.54 Å². The predicted octanol–water partition coefficient (Wildman–Crippen LogP) is 2.90. The van der Waals surface area contributed by atoms with Crippen LogP contribution in [0.2, 0.25) is 0 Å². The molecule has 0 N–H and O–H groups in total. The molecule has 1 aromatic rings. The second-order valence-electron chi connectivity index (χ2n) is 6.45. The number of hydrogen-bond donors (Lipinski definition) is 0. The van der Waals surface area contributed by atoms with Crippen molar-refractivity contribution in [3.05, 3.63) is 23.7 Å². The van der Waals surface area contributed by atoms with E-state index in [4.69, 9.17) is 4.42 Å². The Balaban J connectivity index is 1.62. The fraction of sp³-hybridized carbons (Fsp3) is 0.750. The average molecular weight is 262 g/mol. The third kappa shape index (κ3) is 2.87. The molecule has 1 atom stereocenters. The van der Waals surface area contributed by atoms with E-state index < -0.39 is 0 Å². The first-order valence-electron chi connectivity index (χ1n) is 7.69. The van der Waals surface area contributed by atoms with Crippen molar-refractivity contribution in [3.63, 3.8) is 0 Å². The standard InChI is InChI=1S/C16H26N2O/c1-3-17-10-8-16(12-17)7-4-9-18(13-16)11-15-6-5-14(2)19-15/h5-6H,3-4,7-13H2,1-2H3/t16-/m0/s1. The maximum absolute atomic E-state index is 5.73. The van der Waals surface area contributed by atoms with Crippen LogP contribution in [0.5, 0.6) is 0 Å². The fourth-order valence-electron chi connectivity index (χ4n) is 3.87. The number of nitrogens with zero attached hydrogens (tertiary/aromatic N) is 2. The van der Waals surface area contributed by atoms with E-state index in [1.165, 1.54) is 52.0 Å². The van der Waals surface area contributed by atoms with Gasteiger partial charge < -0.3 is 9.32 Å². The summed E-state index contributed by atoms with van der Waals surface area (Å²) in [6, 6.07) is 4.20. The molecule has 3 heterocycles. The van der Waals surface area contributed by atoms with Crippen molar-refractivity contribution in [1.82, 2.24) is 9.80 Å². The molecule has 0 saturated carbocycles. The molecule has 3 nitrogen and oxygen atoms in total. The maximum Gasteiger partial charge on any atom is 0.118 e. The summed E-state index contributed by atoms with van der Waals surface area (Å²) in [6.45, 7) is 11.6. The van der Waals surface area contributed by atoms with Gasteiger partial charge in [-0.3, -0.25) is 4.90 Å². The zero-order valence-corrected chi connectivity index (χ0v) is 12.3. The molecule has 2 saturated heterocycles. The molecule has 1 spiro atoms. The van der Waals surface area contributed by atoms with Crippen LogP contribution in [0.4, 0.5) is 0 Å². The van der Waals surface area contributed by atoms with Gasteiger partial charge in [0.25, 0.3) is 0 Å². The molecule has 1 aromatic heterocycles. The molecule has 0 amide bonds. The van der Waals surface area contributed by atoms with Crippen molar-refractivity contribution in [2.24, 2.45) is 5.41 Å². The lowest BCUT2D eigenvalue weighted by atomic mass is 9.79. The summed E-state index contributed by atoms with van der Waals surface area (Å²) in [5.41, 5.74) is 0.565. The Morgan fingerprint density at radius 1 is 1.16 bits per heavy atom. The second-order valence-corrected chi connectivity index (χ2v) is 6.45. The van der Waals surface area contributed by atoms with Gasteiger partial charge in [0.15, 0.2) is 0 Å². The highest BCUT2D eigenvalue weighted by Gasteiger charge is 2.40. The summed E-state index contributed by atoms with van der Waals surface area (Å²) in [5.74, 6) is 2.15. The minimum atomic E-state index is 0.565. The molecule has 0 bridgehead atoms. The molecule has 19 heavy (non-hydrogen) atoms. The summed E-state index contributed by atoms with van der Waals surface area (Å²) < 4.78 is 5.73. The third-order valence-corrected chi connectivity index (χ3v) is 4.88. The minimum Gasteiger partial charge on any atom is -0.465 e. The zero-order chi connectivity index (χ0) is 13.3. The van der Waals surface area contributed by atoms with E-state index in [1.54, 1.807) is 0 Å². The van der Waals surface area contributed by atoms with E-state index in [1.807, 2.05) is 6.92 Å². The average Bonchev–Trinajstić information content (AvgIpc) is 2.97. The predicted molar refractivity (Wildman–Crippen MR) is 77.1 cm³/mol. The molecule has 2 aliphatic rings. The first kappa shape index (κ1) is 13.2. The monoisotopic (exact) mass is 262 g/mol. The highest BCUT2D eigenvalue weighted by Crippen LogP contribution is 2.39. The van der Waals surface area contributed by atoms with Crippen molar-refractivity contribution in [2.75, 3.05) is 32.7 Å². The normalized spacial score (nSPS) is 29.4. The lowest BCUT2D eigenvalue weighted by Gasteiger charge is -2.40. The van der Waals surface area contributed by atoms with E-state index in [0.29, 0.717) is 5.41 Å². The number of piperidine rings is 1. The van der Waals surface area contributed by atoms with Gasteiger partial charge in [0, 0.05) is 13.1 Å². The van der Waals surface area contributed by atoms with E-state index >= 15 is 0 Å². The van der Waals surface area contributed by atoms with Gasteiger partial charge in [-0.1, -0.05) is 6.92 Å². The van der Waals surface area contributed by atoms with E-state index in [0.717, 1.165) is 18.1 Å². The summed E-state index contributed by atoms with van der Waals surface area (Å²) in [5, 5.41) is 0. The third-order valence-electron chi connectivity index (χ3n) is 4.88. The quantitative estimate of drug-likeness (QED) is 0.835. The highest BCUT2D eigenvalue weighted by molar-refractivity contribution is 5.06. The Morgan fingerprint density at radius 2 is 2.00 bits per heavy atom. The van der Waals surface area contributed by atoms with E-state index in [9.17, 15) is 0 Å². The summed E-state index contributed by atoms with van der Waals surface area (Å²) in [7, 11) is 0. The molecular formula is C16H26N2O. The van der Waals surface area contributed by atoms with Gasteiger partial charge >= 0.3 is 0 Å². The van der Waals surface area contributed by atoms with Gasteiger partial charge in [-0.25, -0.2) is 0 Å². The number of aryl methyl sites for hydroxylation is 1. The van der Waals surface area contributed by atoms with Crippen LogP contribution in [0.3, 0.4) is 0 Å². The molecule has 0 aliphatic carbocycles. The largest absolute Gasteiger partial charge is 0.465 e. The molecular weight excluding hydrogens is 236 g/mol. The first-order valence-corrected chi connectivity index (χ1v) is 7.69. The van der Waals surface area contributed by atoms with Crippen LogP contribution in [-0.4, -0.2) is 42.5 Å². The SMILES string of the molecule is CCN1CC[C@@]2(CCCN(Cc3ccc(C)o3)C2)C1. The summed E-state index contributed by atoms with van der Waals surface area (Å²) in [4.78, 5) is 5.21. The minimum absolute atomic E-state index is 0.565. The number of rotatable bonds is 3. The Kier molecular flexibility index (Phi) is 3.68. The topological polar surface area (TPSA) is 19.6 Å². The molecule has 0 unspecified atom stereocenters. The van der Waals surface area contributed by atoms with Crippen LogP contribution < -0.4 is 0 Å². The smallest absolute Gasteiger partial charge is 0.118 e. The van der Waals surface area contributed by atoms with Crippen LogP contribution in [0.1, 0.15) is 37.7 Å². The van der Waals surface area contributed by atoms with Crippen molar-refractivity contribution < 1.29 is 4.42 Å². The molecule has 2 fully saturated rings. The van der Waals surface area contributed by atoms with Crippen LogP contribution >= 0.6 is 0 Å². The van der Waals surface area contributed by atoms with Crippen molar-refractivity contribution >= 4 is 0 Å². The molecule has 0 aromatic carbocycles. The summed E-state index contributed by atoms with van der Waals surface area (Å²) >= 11 is 0. The number of furan rings is 1. The van der Waals surface area contributed by atoms with Crippen LogP contribution in [0, 0.1) is 12.3 Å². The molecule has 2 aliphatic heterocycles. The van der Waals surface area contributed by atoms with Gasteiger partial charge in [0.05, 0.1) is 6.54 Å². The maximum atomic E-state index is 5.73. The molecule has 0 radical (unpaired) electrons. The van der Waals surface area contributed by atoms with Gasteiger partial charge in [-0.15, -0.1) is 0 Å². The number of hydrogen-bond acceptors (Lipinski definition) is 3. The van der Waals surface area contributed by atoms with Crippen molar-refractivity contribution in [3.8, 4) is 0 Å². The first-order chi connectivity index (χ1) is 9.19. The molecule has 3 heteroatoms. The second kappa shape index (κ2) is 5.29. The Morgan fingerprint density at radius 3 is 2.68 bits per heavy atom. The van der Waals surface area contributed by atoms with E-state index in [-0.39, 0.29) is 0 Å².